The van der Waals surface area contributed by atoms with Crippen LogP contribution in [0.5, 0.6) is 11.6 Å². The maximum atomic E-state index is 13.6. The average Bonchev–Trinajstić information content (AvgIpc) is 3.01. The molecule has 0 spiro atoms. The molecule has 3 aromatic rings. The van der Waals surface area contributed by atoms with Crippen molar-refractivity contribution >= 4 is 28.5 Å². The fourth-order valence-electron chi connectivity index (χ4n) is 4.07. The van der Waals surface area contributed by atoms with Crippen LogP contribution in [0.15, 0.2) is 39.7 Å². The largest absolute Gasteiger partial charge is 0.491 e. The fourth-order valence-corrected chi connectivity index (χ4v) is 4.24. The number of aliphatic hydroxyl groups is 1. The number of pyridine rings is 1. The van der Waals surface area contributed by atoms with Crippen LogP contribution in [0, 0.1) is 0 Å². The van der Waals surface area contributed by atoms with Crippen LogP contribution in [0.25, 0.3) is 11.0 Å². The predicted octanol–water partition coefficient (Wildman–Crippen LogP) is 2.46. The van der Waals surface area contributed by atoms with E-state index < -0.39 is 17.1 Å². The van der Waals surface area contributed by atoms with Crippen LogP contribution in [-0.4, -0.2) is 67.2 Å². The molecule has 1 N–H and O–H groups in total. The zero-order valence-electron chi connectivity index (χ0n) is 18.7. The van der Waals surface area contributed by atoms with Gasteiger partial charge in [0.2, 0.25) is 16.9 Å². The average molecular weight is 474 g/mol. The van der Waals surface area contributed by atoms with Gasteiger partial charge in [-0.2, -0.15) is 0 Å². The second kappa shape index (κ2) is 8.66. The van der Waals surface area contributed by atoms with Gasteiger partial charge in [-0.05, 0) is 51.3 Å². The predicted molar refractivity (Wildman–Crippen MR) is 122 cm³/mol. The molecule has 4 rings (SSSR count). The first-order chi connectivity index (χ1) is 15.7. The van der Waals surface area contributed by atoms with Crippen LogP contribution < -0.4 is 14.9 Å². The van der Waals surface area contributed by atoms with Crippen molar-refractivity contribution in [1.82, 2.24) is 14.8 Å². The molecule has 9 nitrogen and oxygen atoms in total. The molecular formula is C23H24ClN3O6. The quantitative estimate of drug-likeness (QED) is 0.558. The van der Waals surface area contributed by atoms with Crippen molar-refractivity contribution in [2.45, 2.75) is 12.1 Å². The van der Waals surface area contributed by atoms with E-state index in [0.29, 0.717) is 18.0 Å². The summed E-state index contributed by atoms with van der Waals surface area (Å²) in [4.78, 5) is 34.4. The third-order valence-corrected chi connectivity index (χ3v) is 5.89. The lowest BCUT2D eigenvalue weighted by molar-refractivity contribution is -0.0516. The van der Waals surface area contributed by atoms with Crippen molar-refractivity contribution in [2.24, 2.45) is 0 Å². The summed E-state index contributed by atoms with van der Waals surface area (Å²) in [5.74, 6) is -0.358. The minimum atomic E-state index is -2.12. The highest BCUT2D eigenvalue weighted by molar-refractivity contribution is 6.31. The summed E-state index contributed by atoms with van der Waals surface area (Å²) in [6, 6.07) is 6.04. The Kier molecular flexibility index (Phi) is 6.04. The van der Waals surface area contributed by atoms with Crippen LogP contribution in [0.2, 0.25) is 5.02 Å². The molecule has 3 heterocycles. The maximum Gasteiger partial charge on any atom is 0.293 e. The van der Waals surface area contributed by atoms with Crippen LogP contribution in [0.1, 0.15) is 28.1 Å². The lowest BCUT2D eigenvalue weighted by Gasteiger charge is -2.34. The monoisotopic (exact) mass is 473 g/mol. The smallest absolute Gasteiger partial charge is 0.293 e. The number of amides is 1. The lowest BCUT2D eigenvalue weighted by atomic mass is 9.95. The van der Waals surface area contributed by atoms with E-state index in [2.05, 4.69) is 4.98 Å². The summed E-state index contributed by atoms with van der Waals surface area (Å²) in [7, 11) is 6.69. The van der Waals surface area contributed by atoms with Gasteiger partial charge in [-0.25, -0.2) is 4.98 Å². The molecule has 0 saturated heterocycles. The van der Waals surface area contributed by atoms with Gasteiger partial charge in [0.15, 0.2) is 5.75 Å². The number of benzene rings is 1. The molecule has 1 aliphatic rings. The summed E-state index contributed by atoms with van der Waals surface area (Å²) >= 11 is 6.09. The zero-order chi connectivity index (χ0) is 23.9. The molecule has 1 atom stereocenters. The topological polar surface area (TPSA) is 105 Å². The van der Waals surface area contributed by atoms with Crippen molar-refractivity contribution in [3.63, 3.8) is 0 Å². The van der Waals surface area contributed by atoms with Gasteiger partial charge in [0.25, 0.3) is 11.8 Å². The Morgan fingerprint density at radius 2 is 1.97 bits per heavy atom. The number of fused-ring (bicyclic) bond motifs is 2. The molecule has 0 fully saturated rings. The molecule has 2 aromatic heterocycles. The highest BCUT2D eigenvalue weighted by atomic mass is 35.5. The van der Waals surface area contributed by atoms with Crippen LogP contribution in [0.3, 0.4) is 0 Å². The summed E-state index contributed by atoms with van der Waals surface area (Å²) in [6.45, 7) is 0.835. The van der Waals surface area contributed by atoms with Crippen molar-refractivity contribution in [2.75, 3.05) is 41.4 Å². The number of rotatable bonds is 7. The minimum absolute atomic E-state index is 0.163. The van der Waals surface area contributed by atoms with Crippen LogP contribution in [-0.2, 0) is 5.72 Å². The van der Waals surface area contributed by atoms with Gasteiger partial charge in [-0.1, -0.05) is 11.6 Å². The normalized spacial score (nSPS) is 17.7. The second-order valence-electron chi connectivity index (χ2n) is 8.00. The second-order valence-corrected chi connectivity index (χ2v) is 8.43. The molecule has 1 amide bonds. The molecule has 1 aliphatic heterocycles. The third-order valence-electron chi connectivity index (χ3n) is 5.65. The van der Waals surface area contributed by atoms with Crippen molar-refractivity contribution in [3.8, 4) is 11.6 Å². The Hall–Kier alpha value is -3.14. The van der Waals surface area contributed by atoms with Gasteiger partial charge in [-0.3, -0.25) is 14.5 Å². The van der Waals surface area contributed by atoms with E-state index in [-0.39, 0.29) is 46.0 Å². The van der Waals surface area contributed by atoms with Crippen LogP contribution >= 0.6 is 11.6 Å². The first-order valence-corrected chi connectivity index (χ1v) is 10.6. The molecule has 0 radical (unpaired) electrons. The number of carbonyl (C=O) groups excluding carboxylic acids is 1. The number of ether oxygens (including phenoxy) is 2. The van der Waals surface area contributed by atoms with E-state index >= 15 is 0 Å². The van der Waals surface area contributed by atoms with E-state index in [1.807, 2.05) is 19.0 Å². The van der Waals surface area contributed by atoms with Gasteiger partial charge < -0.3 is 23.9 Å². The third kappa shape index (κ3) is 3.72. The highest BCUT2D eigenvalue weighted by Crippen LogP contribution is 2.43. The van der Waals surface area contributed by atoms with Crippen LogP contribution in [0.4, 0.5) is 0 Å². The molecule has 0 bridgehead atoms. The van der Waals surface area contributed by atoms with Crippen molar-refractivity contribution < 1.29 is 23.8 Å². The van der Waals surface area contributed by atoms with Gasteiger partial charge in [0.05, 0.1) is 19.6 Å². The van der Waals surface area contributed by atoms with E-state index in [1.165, 1.54) is 43.5 Å². The summed E-state index contributed by atoms with van der Waals surface area (Å²) < 4.78 is 16.4. The van der Waals surface area contributed by atoms with E-state index in [4.69, 9.17) is 25.5 Å². The maximum absolute atomic E-state index is 13.6. The number of nitrogens with zero attached hydrogens (tertiary/aromatic N) is 3. The number of hydrogen-bond donors (Lipinski definition) is 1. The summed E-state index contributed by atoms with van der Waals surface area (Å²) in [5, 5.41) is 12.6. The summed E-state index contributed by atoms with van der Waals surface area (Å²) in [5.41, 5.74) is -2.47. The molecule has 10 heteroatoms. The Balaban J connectivity index is 1.97. The number of halogens is 1. The molecular weight excluding hydrogens is 450 g/mol. The van der Waals surface area contributed by atoms with Crippen molar-refractivity contribution in [1.29, 1.82) is 0 Å². The van der Waals surface area contributed by atoms with Gasteiger partial charge in [0.1, 0.15) is 11.1 Å². The number of aromatic nitrogens is 1. The Morgan fingerprint density at radius 1 is 1.21 bits per heavy atom. The molecule has 1 unspecified atom stereocenters. The Bertz CT molecular complexity index is 1290. The van der Waals surface area contributed by atoms with E-state index in [1.54, 1.807) is 6.07 Å². The summed E-state index contributed by atoms with van der Waals surface area (Å²) in [6.07, 6.45) is 1.90. The standard InChI is InChI=1S/C23H24ClN3O6/c1-26(2)8-5-9-27-22(29)20-18(19(28)15-11-14(24)6-7-16(15)33-20)23(27,30)13-10-17(31-3)21(32-4)25-12-13/h6-7,10-12,30H,5,8-9H2,1-4H3. The first kappa shape index (κ1) is 23.0. The minimum Gasteiger partial charge on any atom is -0.491 e. The van der Waals surface area contributed by atoms with Gasteiger partial charge in [0, 0.05) is 23.3 Å². The molecule has 0 aliphatic carbocycles. The zero-order valence-corrected chi connectivity index (χ0v) is 19.5. The van der Waals surface area contributed by atoms with E-state index in [9.17, 15) is 14.7 Å². The Morgan fingerprint density at radius 3 is 2.64 bits per heavy atom. The highest BCUT2D eigenvalue weighted by Gasteiger charge is 2.54. The number of hydrogen-bond acceptors (Lipinski definition) is 8. The fraction of sp³-hybridized carbons (Fsp3) is 0.348. The molecule has 33 heavy (non-hydrogen) atoms. The molecule has 1 aromatic carbocycles. The van der Waals surface area contributed by atoms with Crippen molar-refractivity contribution in [3.05, 3.63) is 62.6 Å². The van der Waals surface area contributed by atoms with E-state index in [0.717, 1.165) is 0 Å². The SMILES string of the molecule is COc1cc(C2(O)c3c(oc4ccc(Cl)cc4c3=O)C(=O)N2CCCN(C)C)cnc1OC. The first-order valence-electron chi connectivity index (χ1n) is 10.3. The van der Waals surface area contributed by atoms with Gasteiger partial charge >= 0.3 is 0 Å². The van der Waals surface area contributed by atoms with Gasteiger partial charge in [-0.15, -0.1) is 0 Å². The molecule has 0 saturated carbocycles. The number of methoxy groups -OCH3 is 2. The molecule has 174 valence electrons. The Labute approximate surface area is 195 Å². The lowest BCUT2D eigenvalue weighted by Crippen LogP contribution is -2.47. The number of carbonyl (C=O) groups is 1.